The van der Waals surface area contributed by atoms with E-state index in [1.165, 1.54) is 12.1 Å². The molecule has 0 heterocycles. The van der Waals surface area contributed by atoms with Gasteiger partial charge in [-0.05, 0) is 43.5 Å². The summed E-state index contributed by atoms with van der Waals surface area (Å²) in [7, 11) is 0. The van der Waals surface area contributed by atoms with E-state index in [9.17, 15) is 22.8 Å². The molecule has 1 aliphatic rings. The van der Waals surface area contributed by atoms with Gasteiger partial charge in [-0.15, -0.1) is 0 Å². The monoisotopic (exact) mass is 376 g/mol. The van der Waals surface area contributed by atoms with E-state index in [-0.39, 0.29) is 12.2 Å². The number of amides is 2. The molecule has 0 saturated heterocycles. The van der Waals surface area contributed by atoms with Crippen molar-refractivity contribution >= 4 is 17.5 Å². The Morgan fingerprint density at radius 1 is 1.04 bits per heavy atom. The van der Waals surface area contributed by atoms with E-state index >= 15 is 0 Å². The molecule has 2 aromatic rings. The maximum Gasteiger partial charge on any atom is 0.416 e. The first-order valence-electron chi connectivity index (χ1n) is 8.53. The van der Waals surface area contributed by atoms with E-state index in [0.717, 1.165) is 23.3 Å². The lowest BCUT2D eigenvalue weighted by atomic mass is 10.0. The Balaban J connectivity index is 1.64. The van der Waals surface area contributed by atoms with Crippen molar-refractivity contribution < 1.29 is 22.8 Å². The van der Waals surface area contributed by atoms with Crippen LogP contribution in [0.5, 0.6) is 0 Å². The minimum atomic E-state index is -4.50. The van der Waals surface area contributed by atoms with E-state index < -0.39 is 29.0 Å². The summed E-state index contributed by atoms with van der Waals surface area (Å²) < 4.78 is 38.4. The zero-order chi connectivity index (χ0) is 19.7. The van der Waals surface area contributed by atoms with Crippen molar-refractivity contribution in [2.45, 2.75) is 32.5 Å². The minimum Gasteiger partial charge on any atom is -0.351 e. The van der Waals surface area contributed by atoms with Crippen LogP contribution in [0.4, 0.5) is 18.9 Å². The maximum absolute atomic E-state index is 12.8. The highest BCUT2D eigenvalue weighted by atomic mass is 19.4. The van der Waals surface area contributed by atoms with Gasteiger partial charge in [-0.1, -0.05) is 35.9 Å². The van der Waals surface area contributed by atoms with Crippen molar-refractivity contribution in [2.24, 2.45) is 5.41 Å². The van der Waals surface area contributed by atoms with Gasteiger partial charge in [0.05, 0.1) is 5.56 Å². The Kier molecular flexibility index (Phi) is 4.95. The van der Waals surface area contributed by atoms with Gasteiger partial charge in [-0.25, -0.2) is 0 Å². The lowest BCUT2D eigenvalue weighted by molar-refractivity contribution is -0.138. The fourth-order valence-electron chi connectivity index (χ4n) is 2.76. The predicted molar refractivity (Wildman–Crippen MR) is 94.8 cm³/mol. The SMILES string of the molecule is Cc1ccc(CNC(=O)C2(C(=O)Nc3cccc(C(F)(F)F)c3)CC2)cc1. The molecule has 0 aromatic heterocycles. The summed E-state index contributed by atoms with van der Waals surface area (Å²) in [6.45, 7) is 2.25. The fourth-order valence-corrected chi connectivity index (χ4v) is 2.76. The molecular weight excluding hydrogens is 357 g/mol. The highest BCUT2D eigenvalue weighted by Crippen LogP contribution is 2.47. The van der Waals surface area contributed by atoms with Crippen molar-refractivity contribution in [2.75, 3.05) is 5.32 Å². The van der Waals surface area contributed by atoms with Gasteiger partial charge >= 0.3 is 6.18 Å². The molecule has 142 valence electrons. The highest BCUT2D eigenvalue weighted by molar-refractivity contribution is 6.13. The second kappa shape index (κ2) is 7.06. The van der Waals surface area contributed by atoms with Crippen molar-refractivity contribution in [1.82, 2.24) is 5.32 Å². The molecule has 0 bridgehead atoms. The second-order valence-electron chi connectivity index (χ2n) is 6.78. The molecule has 3 rings (SSSR count). The molecule has 0 aliphatic heterocycles. The molecule has 4 nitrogen and oxygen atoms in total. The van der Waals surface area contributed by atoms with Gasteiger partial charge in [-0.3, -0.25) is 9.59 Å². The van der Waals surface area contributed by atoms with Crippen LogP contribution >= 0.6 is 0 Å². The smallest absolute Gasteiger partial charge is 0.351 e. The Morgan fingerprint density at radius 2 is 1.70 bits per heavy atom. The average molecular weight is 376 g/mol. The zero-order valence-corrected chi connectivity index (χ0v) is 14.7. The van der Waals surface area contributed by atoms with Crippen LogP contribution in [0, 0.1) is 12.3 Å². The number of carbonyl (C=O) groups is 2. The van der Waals surface area contributed by atoms with Crippen LogP contribution < -0.4 is 10.6 Å². The molecule has 7 heteroatoms. The van der Waals surface area contributed by atoms with Crippen molar-refractivity contribution in [1.29, 1.82) is 0 Å². The molecule has 0 atom stereocenters. The van der Waals surface area contributed by atoms with Crippen molar-refractivity contribution in [3.05, 3.63) is 65.2 Å². The zero-order valence-electron chi connectivity index (χ0n) is 14.7. The van der Waals surface area contributed by atoms with E-state index in [1.807, 2.05) is 31.2 Å². The van der Waals surface area contributed by atoms with Crippen LogP contribution in [0.15, 0.2) is 48.5 Å². The van der Waals surface area contributed by atoms with Gasteiger partial charge in [0.25, 0.3) is 0 Å². The average Bonchev–Trinajstić information content (AvgIpc) is 3.42. The van der Waals surface area contributed by atoms with Crippen LogP contribution in [0.1, 0.15) is 29.5 Å². The third-order valence-electron chi connectivity index (χ3n) is 4.64. The molecule has 1 aliphatic carbocycles. The third-order valence-corrected chi connectivity index (χ3v) is 4.64. The quantitative estimate of drug-likeness (QED) is 0.774. The summed E-state index contributed by atoms with van der Waals surface area (Å²) in [5.41, 5.74) is -0.0347. The van der Waals surface area contributed by atoms with Crippen LogP contribution in [-0.4, -0.2) is 11.8 Å². The summed E-state index contributed by atoms with van der Waals surface area (Å²) in [6, 6.07) is 12.0. The van der Waals surface area contributed by atoms with Crippen LogP contribution in [0.2, 0.25) is 0 Å². The first-order chi connectivity index (χ1) is 12.7. The molecule has 0 radical (unpaired) electrons. The first-order valence-corrected chi connectivity index (χ1v) is 8.53. The van der Waals surface area contributed by atoms with Crippen LogP contribution in [0.25, 0.3) is 0 Å². The van der Waals surface area contributed by atoms with E-state index in [2.05, 4.69) is 10.6 Å². The summed E-state index contributed by atoms with van der Waals surface area (Å²) >= 11 is 0. The molecule has 27 heavy (non-hydrogen) atoms. The fraction of sp³-hybridized carbons (Fsp3) is 0.300. The number of nitrogens with one attached hydrogen (secondary N) is 2. The first kappa shape index (κ1) is 18.9. The van der Waals surface area contributed by atoms with E-state index in [0.29, 0.717) is 12.8 Å². The number of alkyl halides is 3. The third kappa shape index (κ3) is 4.30. The summed E-state index contributed by atoms with van der Waals surface area (Å²) in [5, 5.41) is 5.19. The lowest BCUT2D eigenvalue weighted by Gasteiger charge is -2.16. The van der Waals surface area contributed by atoms with Gasteiger partial charge in [0.15, 0.2) is 0 Å². The molecule has 2 N–H and O–H groups in total. The number of benzene rings is 2. The number of anilines is 1. The number of rotatable bonds is 5. The predicted octanol–water partition coefficient (Wildman–Crippen LogP) is 4.05. The Bertz CT molecular complexity index is 856. The molecule has 1 fully saturated rings. The van der Waals surface area contributed by atoms with E-state index in [1.54, 1.807) is 0 Å². The van der Waals surface area contributed by atoms with Gasteiger partial charge in [0, 0.05) is 12.2 Å². The normalized spacial score (nSPS) is 15.1. The molecular formula is C20H19F3N2O2. The van der Waals surface area contributed by atoms with Crippen molar-refractivity contribution in [3.63, 3.8) is 0 Å². The van der Waals surface area contributed by atoms with Gasteiger partial charge in [-0.2, -0.15) is 13.2 Å². The van der Waals surface area contributed by atoms with Gasteiger partial charge < -0.3 is 10.6 Å². The topological polar surface area (TPSA) is 58.2 Å². The minimum absolute atomic E-state index is 0.0208. The molecule has 1 saturated carbocycles. The standard InChI is InChI=1S/C20H19F3N2O2/c1-13-5-7-14(8-6-13)12-24-17(26)19(9-10-19)18(27)25-16-4-2-3-15(11-16)20(21,22)23/h2-8,11H,9-10,12H2,1H3,(H,24,26)(H,25,27). The molecule has 2 amide bonds. The molecule has 2 aromatic carbocycles. The Morgan fingerprint density at radius 3 is 2.30 bits per heavy atom. The van der Waals surface area contributed by atoms with Gasteiger partial charge in [0.2, 0.25) is 11.8 Å². The second-order valence-corrected chi connectivity index (χ2v) is 6.78. The number of hydrogen-bond acceptors (Lipinski definition) is 2. The number of carbonyl (C=O) groups excluding carboxylic acids is 2. The summed E-state index contributed by atoms with van der Waals surface area (Å²) in [4.78, 5) is 25.0. The molecule has 0 spiro atoms. The van der Waals surface area contributed by atoms with Crippen molar-refractivity contribution in [3.8, 4) is 0 Å². The van der Waals surface area contributed by atoms with Gasteiger partial charge in [0.1, 0.15) is 5.41 Å². The van der Waals surface area contributed by atoms with E-state index in [4.69, 9.17) is 0 Å². The number of halogens is 3. The van der Waals surface area contributed by atoms with Crippen LogP contribution in [0.3, 0.4) is 0 Å². The van der Waals surface area contributed by atoms with Crippen LogP contribution in [-0.2, 0) is 22.3 Å². The summed E-state index contributed by atoms with van der Waals surface area (Å²) in [5.74, 6) is -0.990. The summed E-state index contributed by atoms with van der Waals surface area (Å²) in [6.07, 6.45) is -3.75. The maximum atomic E-state index is 12.8. The number of hydrogen-bond donors (Lipinski definition) is 2. The Hall–Kier alpha value is -2.83. The number of aryl methyl sites for hydroxylation is 1. The highest BCUT2D eigenvalue weighted by Gasteiger charge is 2.56. The Labute approximate surface area is 154 Å². The lowest BCUT2D eigenvalue weighted by Crippen LogP contribution is -2.39. The largest absolute Gasteiger partial charge is 0.416 e. The molecule has 0 unspecified atom stereocenters.